The molecule has 2 heterocycles. The number of benzene rings is 2. The molecule has 1 aromatic heterocycles. The van der Waals surface area contributed by atoms with Gasteiger partial charge in [-0.25, -0.2) is 0 Å². The van der Waals surface area contributed by atoms with Crippen molar-refractivity contribution >= 4 is 35.1 Å². The van der Waals surface area contributed by atoms with Crippen LogP contribution in [0.3, 0.4) is 0 Å². The first-order valence-electron chi connectivity index (χ1n) is 9.51. The molecule has 30 heavy (non-hydrogen) atoms. The Labute approximate surface area is 179 Å². The molecule has 3 aromatic rings. The first-order valence-corrected chi connectivity index (χ1v) is 9.89. The van der Waals surface area contributed by atoms with E-state index in [9.17, 15) is 14.7 Å². The molecule has 0 saturated heterocycles. The first kappa shape index (κ1) is 20.1. The predicted octanol–water partition coefficient (Wildman–Crippen LogP) is 4.65. The summed E-state index contributed by atoms with van der Waals surface area (Å²) in [7, 11) is 0. The van der Waals surface area contributed by atoms with Crippen LogP contribution in [0.4, 0.5) is 5.69 Å². The van der Waals surface area contributed by atoms with Gasteiger partial charge in [-0.2, -0.15) is 0 Å². The van der Waals surface area contributed by atoms with Crippen molar-refractivity contribution in [1.82, 2.24) is 0 Å². The third-order valence-electron chi connectivity index (χ3n) is 5.16. The smallest absolute Gasteiger partial charge is 0.264 e. The Bertz CT molecular complexity index is 1120. The van der Waals surface area contributed by atoms with Crippen molar-refractivity contribution in [2.75, 3.05) is 4.90 Å². The number of halogens is 1. The van der Waals surface area contributed by atoms with Crippen molar-refractivity contribution in [2.24, 2.45) is 0 Å². The van der Waals surface area contributed by atoms with E-state index in [4.69, 9.17) is 16.0 Å². The second-order valence-corrected chi connectivity index (χ2v) is 7.83. The molecule has 6 heteroatoms. The Morgan fingerprint density at radius 3 is 2.67 bits per heavy atom. The highest BCUT2D eigenvalue weighted by atomic mass is 35.5. The lowest BCUT2D eigenvalue weighted by molar-refractivity contribution is -0.140. The van der Waals surface area contributed by atoms with E-state index in [-0.39, 0.29) is 13.0 Å². The molecule has 1 unspecified atom stereocenters. The summed E-state index contributed by atoms with van der Waals surface area (Å²) < 4.78 is 5.17. The maximum Gasteiger partial charge on any atom is 0.264 e. The van der Waals surface area contributed by atoms with Gasteiger partial charge in [0.1, 0.15) is 5.76 Å². The summed E-state index contributed by atoms with van der Waals surface area (Å²) in [5, 5.41) is 11.7. The van der Waals surface area contributed by atoms with Gasteiger partial charge in [0.15, 0.2) is 11.4 Å². The molecule has 0 bridgehead atoms. The summed E-state index contributed by atoms with van der Waals surface area (Å²) in [5.74, 6) is -0.428. The Kier molecular flexibility index (Phi) is 5.33. The average molecular weight is 422 g/mol. The third-order valence-corrected chi connectivity index (χ3v) is 5.40. The number of aryl methyl sites for hydroxylation is 1. The fraction of sp³-hybridized carbons (Fsp3) is 0.167. The van der Waals surface area contributed by atoms with Crippen molar-refractivity contribution < 1.29 is 19.1 Å². The quantitative estimate of drug-likeness (QED) is 0.588. The molecule has 0 saturated carbocycles. The van der Waals surface area contributed by atoms with Gasteiger partial charge in [-0.05, 0) is 55.0 Å². The molecular formula is C24H20ClNO4. The minimum atomic E-state index is -1.98. The van der Waals surface area contributed by atoms with Crippen LogP contribution in [0, 0.1) is 6.92 Å². The number of carbonyl (C=O) groups excluding carboxylic acids is 2. The fourth-order valence-electron chi connectivity index (χ4n) is 3.60. The number of carbonyl (C=O) groups is 2. The van der Waals surface area contributed by atoms with E-state index in [1.54, 1.807) is 30.3 Å². The minimum Gasteiger partial charge on any atom is -0.465 e. The van der Waals surface area contributed by atoms with Crippen molar-refractivity contribution in [3.8, 4) is 0 Å². The number of furan rings is 1. The van der Waals surface area contributed by atoms with Crippen LogP contribution >= 0.6 is 11.6 Å². The number of fused-ring (bicyclic) bond motifs is 1. The van der Waals surface area contributed by atoms with Gasteiger partial charge >= 0.3 is 0 Å². The van der Waals surface area contributed by atoms with E-state index in [0.29, 0.717) is 22.0 Å². The average Bonchev–Trinajstić information content (AvgIpc) is 3.30. The van der Waals surface area contributed by atoms with Crippen LogP contribution in [0.5, 0.6) is 0 Å². The summed E-state index contributed by atoms with van der Waals surface area (Å²) in [6.07, 6.45) is 3.92. The Balaban J connectivity index is 1.64. The predicted molar refractivity (Wildman–Crippen MR) is 115 cm³/mol. The topological polar surface area (TPSA) is 70.8 Å². The van der Waals surface area contributed by atoms with Crippen LogP contribution in [0.2, 0.25) is 5.02 Å². The highest BCUT2D eigenvalue weighted by Crippen LogP contribution is 2.44. The van der Waals surface area contributed by atoms with Crippen LogP contribution in [0.25, 0.3) is 6.08 Å². The first-order chi connectivity index (χ1) is 14.4. The zero-order chi connectivity index (χ0) is 21.3. The molecular weight excluding hydrogens is 402 g/mol. The fourth-order valence-corrected chi connectivity index (χ4v) is 3.77. The van der Waals surface area contributed by atoms with Crippen molar-refractivity contribution in [3.63, 3.8) is 0 Å². The van der Waals surface area contributed by atoms with E-state index < -0.39 is 17.3 Å². The van der Waals surface area contributed by atoms with E-state index >= 15 is 0 Å². The lowest BCUT2D eigenvalue weighted by atomic mass is 9.90. The van der Waals surface area contributed by atoms with Gasteiger partial charge in [0, 0.05) is 10.6 Å². The maximum absolute atomic E-state index is 13.3. The van der Waals surface area contributed by atoms with E-state index in [0.717, 1.165) is 11.1 Å². The van der Waals surface area contributed by atoms with E-state index in [1.807, 2.05) is 31.2 Å². The van der Waals surface area contributed by atoms with Crippen LogP contribution in [0.15, 0.2) is 71.4 Å². The van der Waals surface area contributed by atoms with Gasteiger partial charge in [0.2, 0.25) is 0 Å². The van der Waals surface area contributed by atoms with Gasteiger partial charge in [0.25, 0.3) is 5.91 Å². The SMILES string of the molecule is Cc1ccc(CN2C(=O)C(O)(CC(=O)C=Cc3ccco3)c3cc(Cl)ccc32)cc1. The summed E-state index contributed by atoms with van der Waals surface area (Å²) >= 11 is 6.14. The molecule has 0 spiro atoms. The van der Waals surface area contributed by atoms with E-state index in [2.05, 4.69) is 0 Å². The number of ketones is 1. The Hall–Kier alpha value is -3.15. The minimum absolute atomic E-state index is 0.284. The number of allylic oxidation sites excluding steroid dienone is 1. The van der Waals surface area contributed by atoms with Gasteiger partial charge in [-0.15, -0.1) is 0 Å². The van der Waals surface area contributed by atoms with Gasteiger partial charge in [-0.3, -0.25) is 9.59 Å². The van der Waals surface area contributed by atoms with Gasteiger partial charge in [-0.1, -0.05) is 41.4 Å². The number of amides is 1. The molecule has 1 aliphatic rings. The molecule has 0 radical (unpaired) electrons. The van der Waals surface area contributed by atoms with E-state index in [1.165, 1.54) is 23.3 Å². The van der Waals surface area contributed by atoms with Gasteiger partial charge < -0.3 is 14.4 Å². The summed E-state index contributed by atoms with van der Waals surface area (Å²) in [6.45, 7) is 2.27. The lowest BCUT2D eigenvalue weighted by Crippen LogP contribution is -2.41. The zero-order valence-electron chi connectivity index (χ0n) is 16.3. The van der Waals surface area contributed by atoms with Crippen LogP contribution in [-0.4, -0.2) is 16.8 Å². The lowest BCUT2D eigenvalue weighted by Gasteiger charge is -2.22. The number of rotatable bonds is 6. The number of aliphatic hydroxyl groups is 1. The summed E-state index contributed by atoms with van der Waals surface area (Å²) in [6, 6.07) is 16.1. The van der Waals surface area contributed by atoms with Crippen LogP contribution < -0.4 is 4.90 Å². The summed E-state index contributed by atoms with van der Waals surface area (Å²) in [5.41, 5.74) is 0.949. The zero-order valence-corrected chi connectivity index (χ0v) is 17.1. The Morgan fingerprint density at radius 1 is 1.20 bits per heavy atom. The highest BCUT2D eigenvalue weighted by molar-refractivity contribution is 6.31. The number of hydrogen-bond acceptors (Lipinski definition) is 4. The largest absolute Gasteiger partial charge is 0.465 e. The van der Waals surface area contributed by atoms with Crippen molar-refractivity contribution in [3.05, 3.63) is 94.4 Å². The molecule has 0 fully saturated rings. The number of anilines is 1. The Morgan fingerprint density at radius 2 is 1.97 bits per heavy atom. The maximum atomic E-state index is 13.3. The number of hydrogen-bond donors (Lipinski definition) is 1. The third kappa shape index (κ3) is 3.82. The second kappa shape index (κ2) is 7.94. The monoisotopic (exact) mass is 421 g/mol. The van der Waals surface area contributed by atoms with Gasteiger partial charge in [0.05, 0.1) is 24.9 Å². The molecule has 4 rings (SSSR count). The molecule has 0 aliphatic carbocycles. The molecule has 1 aliphatic heterocycles. The molecule has 1 atom stereocenters. The normalized spacial score (nSPS) is 18.2. The standard InChI is InChI=1S/C24H20ClNO4/c1-16-4-6-17(7-5-16)15-26-22-11-8-18(25)13-21(22)24(29,23(26)28)14-19(27)9-10-20-3-2-12-30-20/h2-13,29H,14-15H2,1H3. The van der Waals surface area contributed by atoms with Crippen LogP contribution in [0.1, 0.15) is 28.9 Å². The molecule has 2 aromatic carbocycles. The highest BCUT2D eigenvalue weighted by Gasteiger charge is 2.50. The second-order valence-electron chi connectivity index (χ2n) is 7.39. The molecule has 1 N–H and O–H groups in total. The number of nitrogens with zero attached hydrogens (tertiary/aromatic N) is 1. The molecule has 1 amide bonds. The van der Waals surface area contributed by atoms with Crippen molar-refractivity contribution in [2.45, 2.75) is 25.5 Å². The molecule has 152 valence electrons. The van der Waals surface area contributed by atoms with Crippen LogP contribution in [-0.2, 0) is 21.7 Å². The van der Waals surface area contributed by atoms with Crippen molar-refractivity contribution in [1.29, 1.82) is 0 Å². The summed E-state index contributed by atoms with van der Waals surface area (Å²) in [4.78, 5) is 27.3. The molecule has 5 nitrogen and oxygen atoms in total.